The molecule has 1 saturated heterocycles. The molecule has 0 amide bonds. The van der Waals surface area contributed by atoms with E-state index < -0.39 is 11.0 Å². The highest BCUT2D eigenvalue weighted by Gasteiger charge is 2.39. The number of hydrogen-bond donors (Lipinski definition) is 1. The summed E-state index contributed by atoms with van der Waals surface area (Å²) in [5.74, 6) is 0. The van der Waals surface area contributed by atoms with Crippen LogP contribution in [-0.2, 0) is 0 Å². The van der Waals surface area contributed by atoms with E-state index in [-0.39, 0.29) is 19.2 Å². The van der Waals surface area contributed by atoms with Gasteiger partial charge in [-0.2, -0.15) is 13.2 Å². The van der Waals surface area contributed by atoms with E-state index in [0.717, 1.165) is 19.3 Å². The molecule has 2 unspecified atom stereocenters. The average molecular weight is 290 g/mol. The third-order valence-corrected chi connectivity index (χ3v) is 3.52. The Bertz CT molecular complexity index is 200. The number of rotatable bonds is 3. The zero-order valence-corrected chi connectivity index (χ0v) is 9.89. The third kappa shape index (κ3) is 3.92. The van der Waals surface area contributed by atoms with Gasteiger partial charge < -0.3 is 5.11 Å². The van der Waals surface area contributed by atoms with Gasteiger partial charge in [0.15, 0.2) is 0 Å². The number of piperidine rings is 1. The fourth-order valence-electron chi connectivity index (χ4n) is 1.82. The molecule has 1 aliphatic heterocycles. The van der Waals surface area contributed by atoms with E-state index in [9.17, 15) is 13.2 Å². The number of halogens is 4. The lowest BCUT2D eigenvalue weighted by atomic mass is 10.0. The maximum Gasteiger partial charge on any atom is 0.402 e. The van der Waals surface area contributed by atoms with Crippen LogP contribution in [0.4, 0.5) is 13.2 Å². The van der Waals surface area contributed by atoms with Crippen LogP contribution in [0, 0.1) is 0 Å². The lowest BCUT2D eigenvalue weighted by Crippen LogP contribution is -2.47. The molecule has 0 saturated carbocycles. The molecule has 0 spiro atoms. The highest BCUT2D eigenvalue weighted by Crippen LogP contribution is 2.28. The van der Waals surface area contributed by atoms with Gasteiger partial charge in [0.25, 0.3) is 0 Å². The Morgan fingerprint density at radius 1 is 1.40 bits per heavy atom. The van der Waals surface area contributed by atoms with Crippen molar-refractivity contribution in [3.8, 4) is 0 Å². The minimum atomic E-state index is -4.21. The van der Waals surface area contributed by atoms with Crippen molar-refractivity contribution in [2.75, 3.05) is 19.7 Å². The van der Waals surface area contributed by atoms with Gasteiger partial charge in [0.1, 0.15) is 4.83 Å². The Balaban J connectivity index is 2.48. The molecule has 1 rings (SSSR count). The van der Waals surface area contributed by atoms with Crippen molar-refractivity contribution < 1.29 is 18.3 Å². The quantitative estimate of drug-likeness (QED) is 0.805. The Kier molecular flexibility index (Phi) is 4.86. The molecule has 1 heterocycles. The van der Waals surface area contributed by atoms with Crippen LogP contribution in [0.1, 0.15) is 19.3 Å². The van der Waals surface area contributed by atoms with Gasteiger partial charge in [-0.25, -0.2) is 0 Å². The van der Waals surface area contributed by atoms with E-state index in [1.165, 1.54) is 0 Å². The van der Waals surface area contributed by atoms with Crippen LogP contribution in [0.15, 0.2) is 0 Å². The van der Waals surface area contributed by atoms with Gasteiger partial charge in [0.05, 0.1) is 6.61 Å². The molecule has 0 aromatic carbocycles. The summed E-state index contributed by atoms with van der Waals surface area (Å²) < 4.78 is 36.9. The highest BCUT2D eigenvalue weighted by atomic mass is 79.9. The molecule has 0 aromatic heterocycles. The highest BCUT2D eigenvalue weighted by molar-refractivity contribution is 9.09. The van der Waals surface area contributed by atoms with E-state index in [1.54, 1.807) is 4.90 Å². The Morgan fingerprint density at radius 2 is 2.07 bits per heavy atom. The molecular weight excluding hydrogens is 275 g/mol. The third-order valence-electron chi connectivity index (χ3n) is 2.71. The molecule has 2 atom stereocenters. The summed E-state index contributed by atoms with van der Waals surface area (Å²) in [6.45, 7) is 0.510. The number of alkyl halides is 4. The smallest absolute Gasteiger partial charge is 0.395 e. The zero-order valence-electron chi connectivity index (χ0n) is 8.30. The molecule has 1 aliphatic rings. The molecule has 0 radical (unpaired) electrons. The van der Waals surface area contributed by atoms with Crippen molar-refractivity contribution in [2.24, 2.45) is 0 Å². The van der Waals surface area contributed by atoms with Crippen molar-refractivity contribution in [1.82, 2.24) is 4.90 Å². The van der Waals surface area contributed by atoms with Crippen molar-refractivity contribution in [2.45, 2.75) is 36.3 Å². The van der Waals surface area contributed by atoms with Gasteiger partial charge in [-0.3, -0.25) is 4.90 Å². The molecule has 1 fully saturated rings. The normalized spacial score (nSPS) is 26.6. The Morgan fingerprint density at radius 3 is 2.60 bits per heavy atom. The second-order valence-electron chi connectivity index (χ2n) is 3.84. The number of nitrogens with zero attached hydrogens (tertiary/aromatic N) is 1. The fraction of sp³-hybridized carbons (Fsp3) is 1.00. The summed E-state index contributed by atoms with van der Waals surface area (Å²) in [5.41, 5.74) is 0. The average Bonchev–Trinajstić information content (AvgIpc) is 2.17. The Hall–Kier alpha value is 0.190. The van der Waals surface area contributed by atoms with E-state index in [2.05, 4.69) is 15.9 Å². The summed E-state index contributed by atoms with van der Waals surface area (Å²) in [5, 5.41) is 9.04. The maximum absolute atomic E-state index is 12.3. The standard InChI is InChI=1S/C9H15BrF3NO/c10-8(9(11,12)13)5-14-4-2-1-3-7(14)6-15/h7-8,15H,1-6H2. The first kappa shape index (κ1) is 13.3. The van der Waals surface area contributed by atoms with Crippen LogP contribution < -0.4 is 0 Å². The second kappa shape index (κ2) is 5.50. The van der Waals surface area contributed by atoms with Crippen LogP contribution in [0.2, 0.25) is 0 Å². The maximum atomic E-state index is 12.3. The van der Waals surface area contributed by atoms with Crippen molar-refractivity contribution in [3.63, 3.8) is 0 Å². The number of aliphatic hydroxyl groups excluding tert-OH is 1. The van der Waals surface area contributed by atoms with Crippen molar-refractivity contribution >= 4 is 15.9 Å². The minimum Gasteiger partial charge on any atom is -0.395 e. The summed E-state index contributed by atoms with van der Waals surface area (Å²) in [6, 6.07) is -0.110. The monoisotopic (exact) mass is 289 g/mol. The first-order valence-electron chi connectivity index (χ1n) is 5.01. The summed E-state index contributed by atoms with van der Waals surface area (Å²) in [4.78, 5) is 0.216. The molecule has 0 bridgehead atoms. The van der Waals surface area contributed by atoms with Gasteiger partial charge in [-0.1, -0.05) is 22.4 Å². The van der Waals surface area contributed by atoms with Gasteiger partial charge in [0, 0.05) is 12.6 Å². The van der Waals surface area contributed by atoms with Crippen molar-refractivity contribution in [3.05, 3.63) is 0 Å². The summed E-state index contributed by atoms with van der Waals surface area (Å²) >= 11 is 2.64. The Labute approximate surface area is 95.6 Å². The zero-order chi connectivity index (χ0) is 11.5. The summed E-state index contributed by atoms with van der Waals surface area (Å²) in [6.07, 6.45) is -1.53. The molecule has 0 aromatic rings. The van der Waals surface area contributed by atoms with Gasteiger partial charge in [0.2, 0.25) is 0 Å². The lowest BCUT2D eigenvalue weighted by molar-refractivity contribution is -0.132. The SMILES string of the molecule is OCC1CCCCN1CC(Br)C(F)(F)F. The lowest BCUT2D eigenvalue weighted by Gasteiger charge is -2.36. The van der Waals surface area contributed by atoms with E-state index >= 15 is 0 Å². The van der Waals surface area contributed by atoms with E-state index in [4.69, 9.17) is 5.11 Å². The fourth-order valence-corrected chi connectivity index (χ4v) is 2.19. The number of hydrogen-bond acceptors (Lipinski definition) is 2. The van der Waals surface area contributed by atoms with Crippen LogP contribution in [0.5, 0.6) is 0 Å². The van der Waals surface area contributed by atoms with Crippen molar-refractivity contribution in [1.29, 1.82) is 0 Å². The van der Waals surface area contributed by atoms with E-state index in [0.29, 0.717) is 6.54 Å². The predicted octanol–water partition coefficient (Wildman–Crippen LogP) is 2.16. The first-order chi connectivity index (χ1) is 6.95. The van der Waals surface area contributed by atoms with Crippen LogP contribution in [-0.4, -0.2) is 46.7 Å². The molecule has 2 nitrogen and oxygen atoms in total. The van der Waals surface area contributed by atoms with Crippen LogP contribution in [0.25, 0.3) is 0 Å². The molecule has 90 valence electrons. The second-order valence-corrected chi connectivity index (χ2v) is 4.94. The molecule has 6 heteroatoms. The van der Waals surface area contributed by atoms with Gasteiger partial charge in [-0.15, -0.1) is 0 Å². The summed E-state index contributed by atoms with van der Waals surface area (Å²) in [7, 11) is 0. The van der Waals surface area contributed by atoms with E-state index in [1.807, 2.05) is 0 Å². The topological polar surface area (TPSA) is 23.5 Å². The van der Waals surface area contributed by atoms with Crippen LogP contribution in [0.3, 0.4) is 0 Å². The van der Waals surface area contributed by atoms with Crippen LogP contribution >= 0.6 is 15.9 Å². The number of aliphatic hydroxyl groups is 1. The first-order valence-corrected chi connectivity index (χ1v) is 5.92. The molecular formula is C9H15BrF3NO. The molecule has 15 heavy (non-hydrogen) atoms. The predicted molar refractivity (Wildman–Crippen MR) is 55.1 cm³/mol. The molecule has 1 N–H and O–H groups in total. The van der Waals surface area contributed by atoms with Gasteiger partial charge in [-0.05, 0) is 19.4 Å². The molecule has 0 aliphatic carbocycles. The number of likely N-dealkylation sites (tertiary alicyclic amines) is 1. The minimum absolute atomic E-state index is 0.0580. The largest absolute Gasteiger partial charge is 0.402 e. The van der Waals surface area contributed by atoms with Gasteiger partial charge >= 0.3 is 6.18 Å².